The topological polar surface area (TPSA) is 45.0 Å². The van der Waals surface area contributed by atoms with Crippen molar-refractivity contribution in [2.75, 3.05) is 12.4 Å². The molecule has 0 bridgehead atoms. The normalized spacial score (nSPS) is 9.79. The monoisotopic (exact) mass is 380 g/mol. The highest BCUT2D eigenvalue weighted by molar-refractivity contribution is 9.10. The molecule has 1 N–H and O–H groups in total. The van der Waals surface area contributed by atoms with E-state index in [0.29, 0.717) is 5.56 Å². The molecule has 0 heterocycles. The second-order valence-corrected chi connectivity index (χ2v) is 5.46. The smallest absolute Gasteiger partial charge is 0.133 e. The summed E-state index contributed by atoms with van der Waals surface area (Å²) in [5.74, 6) is 0.764. The molecule has 0 saturated carbocycles. The number of hydrogen-bond donors (Lipinski definition) is 1. The van der Waals surface area contributed by atoms with Gasteiger partial charge in [-0.25, -0.2) is 0 Å². The van der Waals surface area contributed by atoms with Crippen LogP contribution in [0.3, 0.4) is 0 Å². The average Bonchev–Trinajstić information content (AvgIpc) is 2.39. The molecule has 0 amide bonds. The van der Waals surface area contributed by atoms with Crippen molar-refractivity contribution >= 4 is 43.2 Å². The van der Waals surface area contributed by atoms with Gasteiger partial charge in [0.25, 0.3) is 0 Å². The maximum atomic E-state index is 9.16. The summed E-state index contributed by atoms with van der Waals surface area (Å²) in [6, 6.07) is 13.4. The summed E-state index contributed by atoms with van der Waals surface area (Å²) in [6.07, 6.45) is 0. The third kappa shape index (κ3) is 3.09. The van der Waals surface area contributed by atoms with Crippen LogP contribution in [0.4, 0.5) is 11.4 Å². The van der Waals surface area contributed by atoms with Crippen LogP contribution in [-0.2, 0) is 0 Å². The molecule has 0 unspecified atom stereocenters. The number of benzene rings is 2. The first-order valence-corrected chi connectivity index (χ1v) is 7.03. The highest BCUT2D eigenvalue weighted by Gasteiger charge is 2.07. The third-order valence-electron chi connectivity index (χ3n) is 2.56. The summed E-state index contributed by atoms with van der Waals surface area (Å²) in [4.78, 5) is 0. The highest BCUT2D eigenvalue weighted by Crippen LogP contribution is 2.31. The maximum absolute atomic E-state index is 9.16. The predicted octanol–water partition coefficient (Wildman–Crippen LogP) is 4.84. The van der Waals surface area contributed by atoms with Crippen LogP contribution in [0.1, 0.15) is 5.56 Å². The van der Waals surface area contributed by atoms with E-state index in [9.17, 15) is 0 Å². The van der Waals surface area contributed by atoms with Gasteiger partial charge in [-0.15, -0.1) is 0 Å². The van der Waals surface area contributed by atoms with Gasteiger partial charge in [0.2, 0.25) is 0 Å². The van der Waals surface area contributed by atoms with Gasteiger partial charge in [0.1, 0.15) is 11.8 Å². The van der Waals surface area contributed by atoms with E-state index >= 15 is 0 Å². The zero-order valence-electron chi connectivity index (χ0n) is 10.1. The molecule has 0 aromatic heterocycles. The van der Waals surface area contributed by atoms with Crippen molar-refractivity contribution in [2.45, 2.75) is 0 Å². The molecule has 19 heavy (non-hydrogen) atoms. The molecule has 3 nitrogen and oxygen atoms in total. The molecule has 0 aliphatic heterocycles. The Labute approximate surface area is 128 Å². The summed E-state index contributed by atoms with van der Waals surface area (Å²) < 4.78 is 6.81. The number of halogens is 2. The van der Waals surface area contributed by atoms with Crippen LogP contribution in [0, 0.1) is 11.3 Å². The van der Waals surface area contributed by atoms with Crippen LogP contribution < -0.4 is 10.1 Å². The van der Waals surface area contributed by atoms with E-state index in [0.717, 1.165) is 26.1 Å². The fourth-order valence-electron chi connectivity index (χ4n) is 1.64. The summed E-state index contributed by atoms with van der Waals surface area (Å²) in [7, 11) is 1.62. The van der Waals surface area contributed by atoms with Gasteiger partial charge in [-0.05, 0) is 62.2 Å². The van der Waals surface area contributed by atoms with Crippen LogP contribution in [0.2, 0.25) is 0 Å². The van der Waals surface area contributed by atoms with E-state index in [4.69, 9.17) is 10.00 Å². The SMILES string of the molecule is COc1ccc(Nc2cccc(Br)c2C#N)cc1Br. The summed E-state index contributed by atoms with van der Waals surface area (Å²) in [6.45, 7) is 0. The zero-order chi connectivity index (χ0) is 13.8. The van der Waals surface area contributed by atoms with Gasteiger partial charge in [0.05, 0.1) is 22.8 Å². The molecule has 2 aromatic carbocycles. The predicted molar refractivity (Wildman–Crippen MR) is 82.8 cm³/mol. The molecule has 0 fully saturated rings. The fourth-order valence-corrected chi connectivity index (χ4v) is 2.64. The number of rotatable bonds is 3. The van der Waals surface area contributed by atoms with Crippen molar-refractivity contribution in [3.05, 3.63) is 50.9 Å². The standard InChI is InChI=1S/C14H10Br2N2O/c1-19-14-6-5-9(7-12(14)16)18-13-4-2-3-11(15)10(13)8-17/h2-7,18H,1H3. The molecular formula is C14H10Br2N2O. The minimum absolute atomic E-state index is 0.578. The third-order valence-corrected chi connectivity index (χ3v) is 3.84. The van der Waals surface area contributed by atoms with Crippen molar-refractivity contribution in [3.63, 3.8) is 0 Å². The van der Waals surface area contributed by atoms with Gasteiger partial charge in [0, 0.05) is 10.2 Å². The zero-order valence-corrected chi connectivity index (χ0v) is 13.2. The lowest BCUT2D eigenvalue weighted by atomic mass is 10.2. The van der Waals surface area contributed by atoms with E-state index < -0.39 is 0 Å². The minimum Gasteiger partial charge on any atom is -0.496 e. The lowest BCUT2D eigenvalue weighted by molar-refractivity contribution is 0.412. The first-order chi connectivity index (χ1) is 9.15. The summed E-state index contributed by atoms with van der Waals surface area (Å²) in [5, 5.41) is 12.4. The van der Waals surface area contributed by atoms with Gasteiger partial charge < -0.3 is 10.1 Å². The lowest BCUT2D eigenvalue weighted by Gasteiger charge is -2.11. The van der Waals surface area contributed by atoms with Gasteiger partial charge in [-0.1, -0.05) is 6.07 Å². The number of nitriles is 1. The first kappa shape index (κ1) is 13.9. The van der Waals surface area contributed by atoms with Crippen LogP contribution in [0.25, 0.3) is 0 Å². The Morgan fingerprint density at radius 2 is 1.95 bits per heavy atom. The number of nitrogens with one attached hydrogen (secondary N) is 1. The van der Waals surface area contributed by atoms with Crippen LogP contribution in [0.15, 0.2) is 45.3 Å². The molecule has 2 rings (SSSR count). The number of methoxy groups -OCH3 is 1. The Bertz CT molecular complexity index is 650. The van der Waals surface area contributed by atoms with Crippen molar-refractivity contribution in [1.82, 2.24) is 0 Å². The molecule has 0 saturated heterocycles. The van der Waals surface area contributed by atoms with E-state index in [2.05, 4.69) is 43.2 Å². The molecule has 0 atom stereocenters. The first-order valence-electron chi connectivity index (χ1n) is 5.45. The second-order valence-electron chi connectivity index (χ2n) is 3.75. The maximum Gasteiger partial charge on any atom is 0.133 e. The van der Waals surface area contributed by atoms with Gasteiger partial charge in [0.15, 0.2) is 0 Å². The fraction of sp³-hybridized carbons (Fsp3) is 0.0714. The van der Waals surface area contributed by atoms with Crippen LogP contribution in [0.5, 0.6) is 5.75 Å². The lowest BCUT2D eigenvalue weighted by Crippen LogP contribution is -1.95. The number of hydrogen-bond acceptors (Lipinski definition) is 3. The highest BCUT2D eigenvalue weighted by atomic mass is 79.9. The number of ether oxygens (including phenoxy) is 1. The van der Waals surface area contributed by atoms with E-state index in [1.54, 1.807) is 7.11 Å². The Balaban J connectivity index is 2.34. The Hall–Kier alpha value is -1.51. The molecule has 5 heteroatoms. The van der Waals surface area contributed by atoms with Gasteiger partial charge in [-0.2, -0.15) is 5.26 Å². The molecular weight excluding hydrogens is 372 g/mol. The molecule has 96 valence electrons. The average molecular weight is 382 g/mol. The molecule has 0 radical (unpaired) electrons. The Morgan fingerprint density at radius 1 is 1.16 bits per heavy atom. The van der Waals surface area contributed by atoms with Crippen LogP contribution >= 0.6 is 31.9 Å². The largest absolute Gasteiger partial charge is 0.496 e. The van der Waals surface area contributed by atoms with E-state index in [1.165, 1.54) is 0 Å². The molecule has 2 aromatic rings. The Kier molecular flexibility index (Phi) is 4.46. The quantitative estimate of drug-likeness (QED) is 0.827. The summed E-state index contributed by atoms with van der Waals surface area (Å²) >= 11 is 6.80. The van der Waals surface area contributed by atoms with Gasteiger partial charge >= 0.3 is 0 Å². The van der Waals surface area contributed by atoms with Crippen molar-refractivity contribution in [1.29, 1.82) is 5.26 Å². The second kappa shape index (κ2) is 6.09. The Morgan fingerprint density at radius 3 is 2.58 bits per heavy atom. The molecule has 0 aliphatic rings. The minimum atomic E-state index is 0.578. The van der Waals surface area contributed by atoms with Crippen molar-refractivity contribution in [3.8, 4) is 11.8 Å². The van der Waals surface area contributed by atoms with E-state index in [1.807, 2.05) is 36.4 Å². The van der Waals surface area contributed by atoms with E-state index in [-0.39, 0.29) is 0 Å². The van der Waals surface area contributed by atoms with Crippen molar-refractivity contribution in [2.24, 2.45) is 0 Å². The number of nitrogens with zero attached hydrogens (tertiary/aromatic N) is 1. The number of anilines is 2. The van der Waals surface area contributed by atoms with Crippen molar-refractivity contribution < 1.29 is 4.74 Å². The molecule has 0 spiro atoms. The summed E-state index contributed by atoms with van der Waals surface area (Å²) in [5.41, 5.74) is 2.21. The molecule has 0 aliphatic carbocycles. The van der Waals surface area contributed by atoms with Gasteiger partial charge in [-0.3, -0.25) is 0 Å². The van der Waals surface area contributed by atoms with Crippen LogP contribution in [-0.4, -0.2) is 7.11 Å².